The highest BCUT2D eigenvalue weighted by atomic mass is 16.5. The highest BCUT2D eigenvalue weighted by molar-refractivity contribution is 5.97. The van der Waals surface area contributed by atoms with E-state index in [-0.39, 0.29) is 13.2 Å². The summed E-state index contributed by atoms with van der Waals surface area (Å²) in [6.07, 6.45) is 1.52. The predicted octanol–water partition coefficient (Wildman–Crippen LogP) is 1.62. The van der Waals surface area contributed by atoms with E-state index in [9.17, 15) is 9.59 Å². The fourth-order valence-corrected chi connectivity index (χ4v) is 1.81. The molecule has 126 valence electrons. The fraction of sp³-hybridized carbons (Fsp3) is 0.235. The summed E-state index contributed by atoms with van der Waals surface area (Å²) in [7, 11) is 0. The smallest absolute Gasteiger partial charge is 0.259 e. The summed E-state index contributed by atoms with van der Waals surface area (Å²) in [5, 5.41) is 6.35. The maximum atomic E-state index is 11.7. The summed E-state index contributed by atoms with van der Waals surface area (Å²) in [6, 6.07) is 10.8. The molecule has 1 heterocycles. The number of furan rings is 1. The monoisotopic (exact) mass is 329 g/mol. The molecule has 0 radical (unpaired) electrons. The minimum Gasteiger partial charge on any atom is -0.484 e. The molecule has 1 aromatic heterocycles. The summed E-state index contributed by atoms with van der Waals surface area (Å²) in [5.74, 6) is 0.336. The van der Waals surface area contributed by atoms with Gasteiger partial charge in [-0.2, -0.15) is 5.10 Å². The maximum Gasteiger partial charge on any atom is 0.259 e. The molecule has 2 aromatic rings. The second-order valence-corrected chi connectivity index (χ2v) is 5.09. The van der Waals surface area contributed by atoms with Gasteiger partial charge in [-0.25, -0.2) is 5.43 Å². The third kappa shape index (κ3) is 5.60. The highest BCUT2D eigenvalue weighted by Crippen LogP contribution is 2.11. The van der Waals surface area contributed by atoms with Crippen molar-refractivity contribution in [3.63, 3.8) is 0 Å². The minimum absolute atomic E-state index is 0.161. The lowest BCUT2D eigenvalue weighted by Gasteiger charge is -2.07. The molecule has 2 N–H and O–H groups in total. The van der Waals surface area contributed by atoms with Crippen molar-refractivity contribution in [1.29, 1.82) is 0 Å². The van der Waals surface area contributed by atoms with Gasteiger partial charge in [0.1, 0.15) is 17.2 Å². The molecule has 0 bridgehead atoms. The predicted molar refractivity (Wildman–Crippen MR) is 88.7 cm³/mol. The van der Waals surface area contributed by atoms with E-state index in [1.165, 1.54) is 6.26 Å². The first-order valence-electron chi connectivity index (χ1n) is 7.38. The summed E-state index contributed by atoms with van der Waals surface area (Å²) >= 11 is 0. The number of nitrogens with zero attached hydrogens (tertiary/aromatic N) is 1. The standard InChI is InChI=1S/C17H19N3O4/c1-12-5-3-6-14(9-12)24-11-17(22)18-10-16(21)20-19-13(2)15-7-4-8-23-15/h3-9H,10-11H2,1-2H3,(H,18,22)(H,20,21)/b19-13+. The molecule has 7 heteroatoms. The van der Waals surface area contributed by atoms with E-state index in [1.807, 2.05) is 25.1 Å². The number of rotatable bonds is 7. The first kappa shape index (κ1) is 17.3. The zero-order valence-electron chi connectivity index (χ0n) is 13.5. The number of carbonyl (C=O) groups is 2. The Balaban J connectivity index is 1.69. The van der Waals surface area contributed by atoms with Crippen LogP contribution in [0.2, 0.25) is 0 Å². The molecule has 0 aliphatic carbocycles. The number of ether oxygens (including phenoxy) is 1. The van der Waals surface area contributed by atoms with Crippen LogP contribution in [0.4, 0.5) is 0 Å². The number of benzene rings is 1. The summed E-state index contributed by atoms with van der Waals surface area (Å²) < 4.78 is 10.5. The van der Waals surface area contributed by atoms with Gasteiger partial charge in [0.05, 0.1) is 12.8 Å². The van der Waals surface area contributed by atoms with Gasteiger partial charge in [-0.1, -0.05) is 12.1 Å². The van der Waals surface area contributed by atoms with Gasteiger partial charge in [0.15, 0.2) is 6.61 Å². The SMILES string of the molecule is C/C(=N\NC(=O)CNC(=O)COc1cccc(C)c1)c1ccco1. The van der Waals surface area contributed by atoms with E-state index in [0.717, 1.165) is 5.56 Å². The van der Waals surface area contributed by atoms with Crippen molar-refractivity contribution in [3.8, 4) is 5.75 Å². The first-order valence-corrected chi connectivity index (χ1v) is 7.38. The molecule has 0 aliphatic rings. The fourth-order valence-electron chi connectivity index (χ4n) is 1.81. The lowest BCUT2D eigenvalue weighted by Crippen LogP contribution is -2.37. The van der Waals surface area contributed by atoms with E-state index in [2.05, 4.69) is 15.8 Å². The zero-order chi connectivity index (χ0) is 17.4. The average Bonchev–Trinajstić information content (AvgIpc) is 3.10. The molecular formula is C17H19N3O4. The van der Waals surface area contributed by atoms with Crippen molar-refractivity contribution in [2.24, 2.45) is 5.10 Å². The molecule has 0 saturated carbocycles. The van der Waals surface area contributed by atoms with Crippen LogP contribution < -0.4 is 15.5 Å². The minimum atomic E-state index is -0.440. The van der Waals surface area contributed by atoms with E-state index < -0.39 is 11.8 Å². The Morgan fingerprint density at radius 1 is 1.21 bits per heavy atom. The number of hydrogen-bond acceptors (Lipinski definition) is 5. The van der Waals surface area contributed by atoms with Crippen LogP contribution in [0.25, 0.3) is 0 Å². The van der Waals surface area contributed by atoms with Gasteiger partial charge in [0.25, 0.3) is 11.8 Å². The number of nitrogens with one attached hydrogen (secondary N) is 2. The van der Waals surface area contributed by atoms with Crippen LogP contribution in [0.3, 0.4) is 0 Å². The molecule has 24 heavy (non-hydrogen) atoms. The highest BCUT2D eigenvalue weighted by Gasteiger charge is 2.07. The Hall–Kier alpha value is -3.09. The Morgan fingerprint density at radius 2 is 2.04 bits per heavy atom. The van der Waals surface area contributed by atoms with Gasteiger partial charge in [-0.05, 0) is 43.7 Å². The Morgan fingerprint density at radius 3 is 2.75 bits per heavy atom. The molecule has 7 nitrogen and oxygen atoms in total. The van der Waals surface area contributed by atoms with Crippen molar-refractivity contribution < 1.29 is 18.7 Å². The average molecular weight is 329 g/mol. The van der Waals surface area contributed by atoms with Gasteiger partial charge in [-0.3, -0.25) is 9.59 Å². The second-order valence-electron chi connectivity index (χ2n) is 5.09. The lowest BCUT2D eigenvalue weighted by atomic mass is 10.2. The van der Waals surface area contributed by atoms with Crippen LogP contribution in [0.5, 0.6) is 5.75 Å². The normalized spacial score (nSPS) is 11.0. The number of carbonyl (C=O) groups excluding carboxylic acids is 2. The first-order chi connectivity index (χ1) is 11.5. The Kier molecular flexibility index (Phi) is 6.13. The summed E-state index contributed by atoms with van der Waals surface area (Å²) in [5.41, 5.74) is 3.91. The maximum absolute atomic E-state index is 11.7. The van der Waals surface area contributed by atoms with Crippen LogP contribution in [0, 0.1) is 6.92 Å². The van der Waals surface area contributed by atoms with E-state index in [1.54, 1.807) is 25.1 Å². The van der Waals surface area contributed by atoms with Gasteiger partial charge in [0, 0.05) is 0 Å². The molecule has 0 unspecified atom stereocenters. The second kappa shape index (κ2) is 8.52. The van der Waals surface area contributed by atoms with Crippen molar-refractivity contribution in [3.05, 3.63) is 54.0 Å². The molecule has 1 aromatic carbocycles. The van der Waals surface area contributed by atoms with Crippen LogP contribution in [-0.2, 0) is 9.59 Å². The van der Waals surface area contributed by atoms with Crippen molar-refractivity contribution in [2.45, 2.75) is 13.8 Å². The van der Waals surface area contributed by atoms with E-state index in [4.69, 9.17) is 9.15 Å². The topological polar surface area (TPSA) is 92.9 Å². The van der Waals surface area contributed by atoms with Gasteiger partial charge >= 0.3 is 0 Å². The van der Waals surface area contributed by atoms with Crippen LogP contribution in [-0.4, -0.2) is 30.7 Å². The molecule has 0 saturated heterocycles. The third-order valence-corrected chi connectivity index (χ3v) is 3.03. The number of hydrazone groups is 1. The van der Waals surface area contributed by atoms with Crippen molar-refractivity contribution >= 4 is 17.5 Å². The molecule has 0 aliphatic heterocycles. The molecular weight excluding hydrogens is 310 g/mol. The van der Waals surface area contributed by atoms with Crippen LogP contribution in [0.15, 0.2) is 52.2 Å². The van der Waals surface area contributed by atoms with Crippen LogP contribution >= 0.6 is 0 Å². The van der Waals surface area contributed by atoms with E-state index in [0.29, 0.717) is 17.2 Å². The van der Waals surface area contributed by atoms with Gasteiger partial charge in [0.2, 0.25) is 0 Å². The largest absolute Gasteiger partial charge is 0.484 e. The molecule has 0 fully saturated rings. The zero-order valence-corrected chi connectivity index (χ0v) is 13.5. The Labute approximate surface area is 139 Å². The van der Waals surface area contributed by atoms with E-state index >= 15 is 0 Å². The van der Waals surface area contributed by atoms with Gasteiger partial charge < -0.3 is 14.5 Å². The molecule has 2 rings (SSSR count). The number of hydrogen-bond donors (Lipinski definition) is 2. The summed E-state index contributed by atoms with van der Waals surface area (Å²) in [6.45, 7) is 3.28. The van der Waals surface area contributed by atoms with Crippen LogP contribution in [0.1, 0.15) is 18.2 Å². The van der Waals surface area contributed by atoms with Crippen molar-refractivity contribution in [2.75, 3.05) is 13.2 Å². The molecule has 0 spiro atoms. The van der Waals surface area contributed by atoms with Crippen molar-refractivity contribution in [1.82, 2.24) is 10.7 Å². The number of amides is 2. The Bertz CT molecular complexity index is 723. The third-order valence-electron chi connectivity index (χ3n) is 3.03. The quantitative estimate of drug-likeness (QED) is 0.596. The number of aryl methyl sites for hydroxylation is 1. The summed E-state index contributed by atoms with van der Waals surface area (Å²) in [4.78, 5) is 23.3. The lowest BCUT2D eigenvalue weighted by molar-refractivity contribution is -0.127. The van der Waals surface area contributed by atoms with Gasteiger partial charge in [-0.15, -0.1) is 0 Å². The molecule has 2 amide bonds. The molecule has 0 atom stereocenters.